The summed E-state index contributed by atoms with van der Waals surface area (Å²) >= 11 is 0. The minimum atomic E-state index is -0.841. The molecule has 0 radical (unpaired) electrons. The molecule has 0 spiro atoms. The second kappa shape index (κ2) is 6.20. The average Bonchev–Trinajstić information content (AvgIpc) is 3.05. The van der Waals surface area contributed by atoms with E-state index in [4.69, 9.17) is 0 Å². The topological polar surface area (TPSA) is 28.5 Å². The molecule has 138 valence electrons. The van der Waals surface area contributed by atoms with E-state index in [2.05, 4.69) is 4.90 Å². The Morgan fingerprint density at radius 3 is 2.69 bits per heavy atom. The number of rotatable bonds is 3. The van der Waals surface area contributed by atoms with Crippen molar-refractivity contribution in [2.24, 2.45) is 5.92 Å². The molecule has 2 aliphatic heterocycles. The van der Waals surface area contributed by atoms with Crippen LogP contribution in [0.3, 0.4) is 0 Å². The summed E-state index contributed by atoms with van der Waals surface area (Å²) in [6.45, 7) is 6.58. The average molecular weight is 359 g/mol. The van der Waals surface area contributed by atoms with E-state index >= 15 is 0 Å². The van der Waals surface area contributed by atoms with Crippen molar-refractivity contribution < 1.29 is 13.6 Å². The molecule has 26 heavy (non-hydrogen) atoms. The Labute approximate surface area is 151 Å². The third kappa shape index (κ3) is 2.39. The van der Waals surface area contributed by atoms with Crippen LogP contribution in [0.15, 0.2) is 24.4 Å². The summed E-state index contributed by atoms with van der Waals surface area (Å²) in [6.07, 6.45) is 3.79. The molecule has 1 amide bonds. The standard InChI is InChI=1S/C20H23F2N3O/c1-4-24(5-2)20(26)12-8-14-15-9-16(21)18(22)13-6-7-25(19(13)15)11-17(14)23(3)10-12/h6-9,12,17H,4-5,10-11H2,1-3H3/t12-,17-/m1/s1. The number of likely N-dealkylation sites (N-methyl/N-ethyl adjacent to an activating group) is 1. The molecule has 4 rings (SSSR count). The molecule has 0 fully saturated rings. The van der Waals surface area contributed by atoms with Crippen molar-refractivity contribution in [2.45, 2.75) is 26.4 Å². The number of amides is 1. The number of aromatic nitrogens is 1. The summed E-state index contributed by atoms with van der Waals surface area (Å²) in [7, 11) is 1.99. The zero-order valence-electron chi connectivity index (χ0n) is 15.3. The van der Waals surface area contributed by atoms with Crippen molar-refractivity contribution >= 4 is 22.4 Å². The Morgan fingerprint density at radius 2 is 2.00 bits per heavy atom. The third-order valence-electron chi connectivity index (χ3n) is 5.77. The molecule has 0 N–H and O–H groups in total. The summed E-state index contributed by atoms with van der Waals surface area (Å²) < 4.78 is 30.3. The van der Waals surface area contributed by atoms with Crippen LogP contribution in [0.4, 0.5) is 8.78 Å². The monoisotopic (exact) mass is 359 g/mol. The van der Waals surface area contributed by atoms with E-state index in [9.17, 15) is 13.6 Å². The lowest BCUT2D eigenvalue weighted by Gasteiger charge is -2.41. The van der Waals surface area contributed by atoms with E-state index in [-0.39, 0.29) is 17.9 Å². The highest BCUT2D eigenvalue weighted by Crippen LogP contribution is 2.40. The fourth-order valence-electron chi connectivity index (χ4n) is 4.38. The van der Waals surface area contributed by atoms with Crippen LogP contribution in [0.25, 0.3) is 16.5 Å². The van der Waals surface area contributed by atoms with Crippen LogP contribution in [0.1, 0.15) is 19.4 Å². The van der Waals surface area contributed by atoms with Crippen molar-refractivity contribution in [3.05, 3.63) is 41.6 Å². The zero-order chi connectivity index (χ0) is 18.6. The molecule has 2 atom stereocenters. The van der Waals surface area contributed by atoms with Gasteiger partial charge in [-0.15, -0.1) is 0 Å². The van der Waals surface area contributed by atoms with E-state index in [1.807, 2.05) is 42.6 Å². The predicted octanol–water partition coefficient (Wildman–Crippen LogP) is 3.12. The van der Waals surface area contributed by atoms with Crippen molar-refractivity contribution in [3.63, 3.8) is 0 Å². The Kier molecular flexibility index (Phi) is 4.10. The van der Waals surface area contributed by atoms with E-state index in [1.54, 1.807) is 6.07 Å². The lowest BCUT2D eigenvalue weighted by Crippen LogP contribution is -2.48. The van der Waals surface area contributed by atoms with Gasteiger partial charge in [-0.25, -0.2) is 8.78 Å². The molecule has 0 bridgehead atoms. The molecule has 1 aromatic carbocycles. The Morgan fingerprint density at radius 1 is 1.27 bits per heavy atom. The van der Waals surface area contributed by atoms with Crippen molar-refractivity contribution in [2.75, 3.05) is 26.7 Å². The van der Waals surface area contributed by atoms with Crippen molar-refractivity contribution in [1.82, 2.24) is 14.4 Å². The van der Waals surface area contributed by atoms with Crippen LogP contribution in [-0.4, -0.2) is 53.0 Å². The number of carbonyl (C=O) groups excluding carboxylic acids is 1. The second-order valence-electron chi connectivity index (χ2n) is 7.14. The molecular weight excluding hydrogens is 336 g/mol. The highest BCUT2D eigenvalue weighted by Gasteiger charge is 2.37. The number of hydrogen-bond donors (Lipinski definition) is 0. The minimum Gasteiger partial charge on any atom is -0.345 e. The first-order valence-corrected chi connectivity index (χ1v) is 9.14. The molecule has 0 saturated carbocycles. The molecule has 2 aromatic rings. The van der Waals surface area contributed by atoms with Gasteiger partial charge in [0.15, 0.2) is 11.6 Å². The molecule has 2 aliphatic rings. The van der Waals surface area contributed by atoms with Crippen LogP contribution < -0.4 is 0 Å². The number of fused-ring (bicyclic) bond motifs is 2. The first-order valence-electron chi connectivity index (χ1n) is 9.14. The first kappa shape index (κ1) is 17.2. The number of hydrogen-bond acceptors (Lipinski definition) is 2. The molecule has 0 unspecified atom stereocenters. The van der Waals surface area contributed by atoms with Crippen LogP contribution >= 0.6 is 0 Å². The van der Waals surface area contributed by atoms with Gasteiger partial charge in [0.1, 0.15) is 0 Å². The van der Waals surface area contributed by atoms with Gasteiger partial charge in [-0.1, -0.05) is 6.08 Å². The van der Waals surface area contributed by atoms with Gasteiger partial charge in [0.2, 0.25) is 5.91 Å². The fraction of sp³-hybridized carbons (Fsp3) is 0.450. The van der Waals surface area contributed by atoms with Crippen LogP contribution in [-0.2, 0) is 11.3 Å². The summed E-state index contributed by atoms with van der Waals surface area (Å²) in [6, 6.07) is 2.97. The molecule has 0 saturated heterocycles. The van der Waals surface area contributed by atoms with Gasteiger partial charge in [-0.05, 0) is 38.6 Å². The molecule has 0 aliphatic carbocycles. The number of benzene rings is 1. The number of halogens is 2. The van der Waals surface area contributed by atoms with Gasteiger partial charge in [0, 0.05) is 43.3 Å². The van der Waals surface area contributed by atoms with E-state index in [1.165, 1.54) is 6.07 Å². The normalized spacial score (nSPS) is 22.3. The second-order valence-corrected chi connectivity index (χ2v) is 7.14. The van der Waals surface area contributed by atoms with Gasteiger partial charge < -0.3 is 9.47 Å². The summed E-state index contributed by atoms with van der Waals surface area (Å²) in [5.74, 6) is -1.82. The SMILES string of the molecule is CCN(CC)C(=O)[C@@H]1C=C2c3cc(F)c(F)c4ccn(c34)C[C@H]2N(C)C1. The molecule has 6 heteroatoms. The lowest BCUT2D eigenvalue weighted by molar-refractivity contribution is -0.134. The number of nitrogens with zero attached hydrogens (tertiary/aromatic N) is 3. The fourth-order valence-corrected chi connectivity index (χ4v) is 4.38. The Hall–Kier alpha value is -2.21. The Balaban J connectivity index is 1.86. The van der Waals surface area contributed by atoms with Crippen molar-refractivity contribution in [1.29, 1.82) is 0 Å². The zero-order valence-corrected chi connectivity index (χ0v) is 15.3. The van der Waals surface area contributed by atoms with E-state index in [0.29, 0.717) is 37.1 Å². The molecule has 3 heterocycles. The smallest absolute Gasteiger partial charge is 0.230 e. The van der Waals surface area contributed by atoms with Crippen molar-refractivity contribution in [3.8, 4) is 0 Å². The van der Waals surface area contributed by atoms with E-state index < -0.39 is 11.6 Å². The quantitative estimate of drug-likeness (QED) is 0.842. The van der Waals surface area contributed by atoms with Gasteiger partial charge in [0.05, 0.1) is 17.5 Å². The molecular formula is C20H23F2N3O. The van der Waals surface area contributed by atoms with Gasteiger partial charge in [-0.3, -0.25) is 9.69 Å². The molecule has 4 nitrogen and oxygen atoms in total. The third-order valence-corrected chi connectivity index (χ3v) is 5.77. The van der Waals surface area contributed by atoms with Crippen LogP contribution in [0.2, 0.25) is 0 Å². The molecule has 1 aromatic heterocycles. The van der Waals surface area contributed by atoms with Gasteiger partial charge in [0.25, 0.3) is 0 Å². The maximum Gasteiger partial charge on any atom is 0.230 e. The van der Waals surface area contributed by atoms with E-state index in [0.717, 1.165) is 11.1 Å². The van der Waals surface area contributed by atoms with Crippen LogP contribution in [0.5, 0.6) is 0 Å². The summed E-state index contributed by atoms with van der Waals surface area (Å²) in [4.78, 5) is 16.8. The van der Waals surface area contributed by atoms with Gasteiger partial charge in [-0.2, -0.15) is 0 Å². The van der Waals surface area contributed by atoms with Crippen LogP contribution in [0, 0.1) is 17.6 Å². The highest BCUT2D eigenvalue weighted by atomic mass is 19.2. The minimum absolute atomic E-state index is 0.0590. The van der Waals surface area contributed by atoms with Gasteiger partial charge >= 0.3 is 0 Å². The number of carbonyl (C=O) groups is 1. The maximum absolute atomic E-state index is 14.2. The maximum atomic E-state index is 14.2. The lowest BCUT2D eigenvalue weighted by atomic mass is 9.85. The predicted molar refractivity (Wildman–Crippen MR) is 97.7 cm³/mol. The Bertz CT molecular complexity index is 913. The first-order chi connectivity index (χ1) is 12.5. The summed E-state index contributed by atoms with van der Waals surface area (Å²) in [5, 5.41) is 0.305. The highest BCUT2D eigenvalue weighted by molar-refractivity contribution is 5.96. The largest absolute Gasteiger partial charge is 0.345 e. The summed E-state index contributed by atoms with van der Waals surface area (Å²) in [5.41, 5.74) is 2.35.